The maximum Gasteiger partial charge on any atom is 0.317 e. The number of rotatable bonds is 8. The predicted molar refractivity (Wildman–Crippen MR) is 61.0 cm³/mol. The maximum absolute atomic E-state index is 11.5. The zero-order valence-corrected chi connectivity index (χ0v) is 10.4. The highest BCUT2D eigenvalue weighted by Gasteiger charge is 2.12. The van der Waals surface area contributed by atoms with E-state index in [2.05, 4.69) is 5.32 Å². The van der Waals surface area contributed by atoms with E-state index in [-0.39, 0.29) is 25.1 Å². The van der Waals surface area contributed by atoms with Gasteiger partial charge in [0.05, 0.1) is 19.1 Å². The summed E-state index contributed by atoms with van der Waals surface area (Å²) in [4.78, 5) is 23.1. The molecule has 17 heavy (non-hydrogen) atoms. The van der Waals surface area contributed by atoms with E-state index in [1.54, 1.807) is 7.11 Å². The van der Waals surface area contributed by atoms with Gasteiger partial charge in [0, 0.05) is 34.4 Å². The molecule has 7 nitrogen and oxygen atoms in total. The molecule has 0 aromatic rings. The Balaban J connectivity index is 3.86. The Bertz CT molecular complexity index is 247. The van der Waals surface area contributed by atoms with Gasteiger partial charge in [-0.25, -0.2) is 4.79 Å². The van der Waals surface area contributed by atoms with Crippen LogP contribution in [0.15, 0.2) is 0 Å². The molecule has 0 heterocycles. The summed E-state index contributed by atoms with van der Waals surface area (Å²) >= 11 is 0. The molecule has 0 saturated heterocycles. The summed E-state index contributed by atoms with van der Waals surface area (Å²) in [6.07, 6.45) is -0.285. The third-order valence-corrected chi connectivity index (χ3v) is 2.17. The van der Waals surface area contributed by atoms with Gasteiger partial charge in [0.1, 0.15) is 0 Å². The van der Waals surface area contributed by atoms with Gasteiger partial charge in [0.2, 0.25) is 0 Å². The second-order valence-corrected chi connectivity index (χ2v) is 3.56. The number of carboxylic acid groups (broad SMARTS) is 1. The molecule has 1 unspecified atom stereocenters. The lowest BCUT2D eigenvalue weighted by atomic mass is 10.3. The van der Waals surface area contributed by atoms with Crippen LogP contribution in [-0.2, 0) is 14.3 Å². The molecular formula is C10H20N2O5. The normalized spacial score (nSPS) is 11.9. The van der Waals surface area contributed by atoms with Crippen molar-refractivity contribution in [1.82, 2.24) is 10.2 Å². The Morgan fingerprint density at radius 3 is 2.53 bits per heavy atom. The van der Waals surface area contributed by atoms with Crippen molar-refractivity contribution < 1.29 is 24.2 Å². The van der Waals surface area contributed by atoms with E-state index in [0.717, 1.165) is 0 Å². The van der Waals surface area contributed by atoms with E-state index in [4.69, 9.17) is 14.6 Å². The molecule has 0 aromatic heterocycles. The Hall–Kier alpha value is -1.34. The summed E-state index contributed by atoms with van der Waals surface area (Å²) in [5, 5.41) is 11.1. The SMILES string of the molecule is COCC(CNC(=O)N(C)CCC(=O)O)OC. The van der Waals surface area contributed by atoms with Gasteiger partial charge in [-0.05, 0) is 0 Å². The van der Waals surface area contributed by atoms with E-state index >= 15 is 0 Å². The lowest BCUT2D eigenvalue weighted by molar-refractivity contribution is -0.137. The molecule has 0 aliphatic rings. The van der Waals surface area contributed by atoms with Gasteiger partial charge in [-0.2, -0.15) is 0 Å². The van der Waals surface area contributed by atoms with Crippen molar-refractivity contribution >= 4 is 12.0 Å². The zero-order valence-electron chi connectivity index (χ0n) is 10.4. The number of urea groups is 1. The van der Waals surface area contributed by atoms with Gasteiger partial charge in [-0.15, -0.1) is 0 Å². The number of aliphatic carboxylic acids is 1. The maximum atomic E-state index is 11.5. The number of amides is 2. The topological polar surface area (TPSA) is 88.1 Å². The number of nitrogens with one attached hydrogen (secondary N) is 1. The van der Waals surface area contributed by atoms with E-state index in [1.165, 1.54) is 19.1 Å². The first-order valence-corrected chi connectivity index (χ1v) is 5.23. The number of carboxylic acids is 1. The van der Waals surface area contributed by atoms with E-state index in [9.17, 15) is 9.59 Å². The van der Waals surface area contributed by atoms with Crippen LogP contribution in [0.1, 0.15) is 6.42 Å². The fourth-order valence-corrected chi connectivity index (χ4v) is 1.10. The quantitative estimate of drug-likeness (QED) is 0.619. The number of hydrogen-bond donors (Lipinski definition) is 2. The number of methoxy groups -OCH3 is 2. The minimum absolute atomic E-state index is 0.0737. The van der Waals surface area contributed by atoms with Crippen LogP contribution in [0.3, 0.4) is 0 Å². The van der Waals surface area contributed by atoms with Crippen LogP contribution in [0.4, 0.5) is 4.79 Å². The molecular weight excluding hydrogens is 228 g/mol. The predicted octanol–water partition coefficient (Wildman–Crippen LogP) is -0.236. The largest absolute Gasteiger partial charge is 0.481 e. The number of carbonyl (C=O) groups excluding carboxylic acids is 1. The van der Waals surface area contributed by atoms with Crippen molar-refractivity contribution in [2.24, 2.45) is 0 Å². The van der Waals surface area contributed by atoms with Gasteiger partial charge in [0.25, 0.3) is 0 Å². The van der Waals surface area contributed by atoms with Crippen LogP contribution in [-0.4, -0.2) is 69.1 Å². The molecule has 0 fully saturated rings. The second-order valence-electron chi connectivity index (χ2n) is 3.56. The van der Waals surface area contributed by atoms with Crippen molar-refractivity contribution in [3.63, 3.8) is 0 Å². The molecule has 100 valence electrons. The molecule has 0 spiro atoms. The Morgan fingerprint density at radius 1 is 1.41 bits per heavy atom. The molecule has 2 N–H and O–H groups in total. The summed E-state index contributed by atoms with van der Waals surface area (Å²) in [6.45, 7) is 0.874. The molecule has 0 aliphatic carbocycles. The average Bonchev–Trinajstić information content (AvgIpc) is 2.30. The zero-order chi connectivity index (χ0) is 13.3. The second kappa shape index (κ2) is 8.77. The van der Waals surface area contributed by atoms with Crippen molar-refractivity contribution in [3.05, 3.63) is 0 Å². The molecule has 7 heteroatoms. The Labute approximate surface area is 101 Å². The van der Waals surface area contributed by atoms with Gasteiger partial charge in [-0.3, -0.25) is 4.79 Å². The number of carbonyl (C=O) groups is 2. The van der Waals surface area contributed by atoms with Crippen LogP contribution in [0.2, 0.25) is 0 Å². The minimum Gasteiger partial charge on any atom is -0.481 e. The monoisotopic (exact) mass is 248 g/mol. The minimum atomic E-state index is -0.932. The Kier molecular flexibility index (Phi) is 8.08. The van der Waals surface area contributed by atoms with Crippen molar-refractivity contribution in [1.29, 1.82) is 0 Å². The van der Waals surface area contributed by atoms with Crippen LogP contribution in [0.25, 0.3) is 0 Å². The van der Waals surface area contributed by atoms with Gasteiger partial charge in [0.15, 0.2) is 0 Å². The van der Waals surface area contributed by atoms with Gasteiger partial charge < -0.3 is 24.8 Å². The number of nitrogens with zero attached hydrogens (tertiary/aromatic N) is 1. The highest BCUT2D eigenvalue weighted by Crippen LogP contribution is 1.92. The summed E-state index contributed by atoms with van der Waals surface area (Å²) in [5.41, 5.74) is 0. The van der Waals surface area contributed by atoms with E-state index < -0.39 is 5.97 Å². The van der Waals surface area contributed by atoms with E-state index in [1.807, 2.05) is 0 Å². The third kappa shape index (κ3) is 7.53. The molecule has 0 bridgehead atoms. The number of ether oxygens (including phenoxy) is 2. The highest BCUT2D eigenvalue weighted by molar-refractivity contribution is 5.75. The average molecular weight is 248 g/mol. The molecule has 0 aliphatic heterocycles. The molecule has 0 radical (unpaired) electrons. The molecule has 0 saturated carbocycles. The standard InChI is InChI=1S/C10H20N2O5/c1-12(5-4-9(13)14)10(15)11-6-8(17-3)7-16-2/h8H,4-7H2,1-3H3,(H,11,15)(H,13,14). The van der Waals surface area contributed by atoms with E-state index in [0.29, 0.717) is 13.2 Å². The molecule has 2 amide bonds. The van der Waals surface area contributed by atoms with Crippen LogP contribution in [0.5, 0.6) is 0 Å². The summed E-state index contributed by atoms with van der Waals surface area (Å²) in [6, 6.07) is -0.329. The number of hydrogen-bond acceptors (Lipinski definition) is 4. The lowest BCUT2D eigenvalue weighted by Gasteiger charge is -2.20. The van der Waals surface area contributed by atoms with Crippen molar-refractivity contribution in [3.8, 4) is 0 Å². The van der Waals surface area contributed by atoms with Crippen molar-refractivity contribution in [2.75, 3.05) is 41.0 Å². The molecule has 0 aromatic carbocycles. The summed E-state index contributed by atoms with van der Waals surface area (Å²) < 4.78 is 9.97. The molecule has 1 atom stereocenters. The third-order valence-electron chi connectivity index (χ3n) is 2.17. The fraction of sp³-hybridized carbons (Fsp3) is 0.800. The van der Waals surface area contributed by atoms with Gasteiger partial charge >= 0.3 is 12.0 Å². The van der Waals surface area contributed by atoms with Crippen LogP contribution < -0.4 is 5.32 Å². The lowest BCUT2D eigenvalue weighted by Crippen LogP contribution is -2.43. The highest BCUT2D eigenvalue weighted by atomic mass is 16.5. The van der Waals surface area contributed by atoms with Crippen LogP contribution >= 0.6 is 0 Å². The molecule has 0 rings (SSSR count). The first-order chi connectivity index (χ1) is 8.01. The summed E-state index contributed by atoms with van der Waals surface area (Å²) in [5.74, 6) is -0.932. The first kappa shape index (κ1) is 15.7. The van der Waals surface area contributed by atoms with Crippen LogP contribution in [0, 0.1) is 0 Å². The van der Waals surface area contributed by atoms with Gasteiger partial charge in [-0.1, -0.05) is 0 Å². The summed E-state index contributed by atoms with van der Waals surface area (Å²) in [7, 11) is 4.62. The van der Waals surface area contributed by atoms with Crippen molar-refractivity contribution in [2.45, 2.75) is 12.5 Å². The smallest absolute Gasteiger partial charge is 0.317 e. The first-order valence-electron chi connectivity index (χ1n) is 5.23. The Morgan fingerprint density at radius 2 is 2.06 bits per heavy atom. The fourth-order valence-electron chi connectivity index (χ4n) is 1.10.